The van der Waals surface area contributed by atoms with Crippen molar-refractivity contribution in [1.82, 2.24) is 4.98 Å². The monoisotopic (exact) mass is 206 g/mol. The molecular weight excluding hydrogens is 188 g/mol. The van der Waals surface area contributed by atoms with Crippen molar-refractivity contribution in [2.75, 3.05) is 12.4 Å². The van der Waals surface area contributed by atoms with Crippen LogP contribution < -0.4 is 10.1 Å². The highest BCUT2D eigenvalue weighted by atomic mass is 16.5. The minimum absolute atomic E-state index is 0.488. The van der Waals surface area contributed by atoms with Crippen LogP contribution in [0, 0.1) is 5.92 Å². The van der Waals surface area contributed by atoms with Crippen LogP contribution in [0.25, 0.3) is 0 Å². The minimum Gasteiger partial charge on any atom is -0.493 e. The molecule has 1 N–H and O–H groups in total. The second-order valence-electron chi connectivity index (χ2n) is 4.18. The predicted octanol–water partition coefficient (Wildman–Crippen LogP) is 2.69. The third kappa shape index (κ3) is 2.22. The van der Waals surface area contributed by atoms with E-state index in [0.717, 1.165) is 17.5 Å². The van der Waals surface area contributed by atoms with E-state index in [0.29, 0.717) is 6.04 Å². The molecule has 82 valence electrons. The molecule has 0 bridgehead atoms. The number of ether oxygens (including phenoxy) is 1. The lowest BCUT2D eigenvalue weighted by molar-refractivity contribution is 0.284. The number of hydrogen-bond acceptors (Lipinski definition) is 3. The molecule has 0 saturated heterocycles. The van der Waals surface area contributed by atoms with Crippen molar-refractivity contribution in [2.24, 2.45) is 5.92 Å². The first-order valence-corrected chi connectivity index (χ1v) is 5.57. The molecule has 1 fully saturated rings. The predicted molar refractivity (Wildman–Crippen MR) is 61.2 cm³/mol. The van der Waals surface area contributed by atoms with Gasteiger partial charge >= 0.3 is 0 Å². The zero-order valence-electron chi connectivity index (χ0n) is 9.36. The van der Waals surface area contributed by atoms with Crippen molar-refractivity contribution in [3.05, 3.63) is 18.3 Å². The lowest BCUT2D eigenvalue weighted by Gasteiger charge is -2.32. The lowest BCUT2D eigenvalue weighted by atomic mass is 9.80. The number of hydrogen-bond donors (Lipinski definition) is 1. The van der Waals surface area contributed by atoms with E-state index < -0.39 is 0 Å². The summed E-state index contributed by atoms with van der Waals surface area (Å²) >= 11 is 0. The Hall–Kier alpha value is -1.25. The first kappa shape index (κ1) is 10.3. The summed E-state index contributed by atoms with van der Waals surface area (Å²) in [6.45, 7) is 2.22. The Morgan fingerprint density at radius 2 is 2.33 bits per heavy atom. The van der Waals surface area contributed by atoms with Gasteiger partial charge in [-0.3, -0.25) is 0 Å². The van der Waals surface area contributed by atoms with Gasteiger partial charge in [0, 0.05) is 12.2 Å². The number of methoxy groups -OCH3 is 1. The number of nitrogens with zero attached hydrogens (tertiary/aromatic N) is 1. The van der Waals surface area contributed by atoms with Gasteiger partial charge in [-0.1, -0.05) is 6.42 Å². The Labute approximate surface area is 90.9 Å². The van der Waals surface area contributed by atoms with Crippen molar-refractivity contribution in [3.63, 3.8) is 0 Å². The smallest absolute Gasteiger partial charge is 0.168 e. The Balaban J connectivity index is 2.02. The molecule has 1 aromatic rings. The number of anilines is 1. The standard InChI is InChI=1S/C12H18N2O/c1-9(10-5-3-6-10)14-12-11(15-2)7-4-8-13-12/h4,7-10H,3,5-6H2,1-2H3,(H,13,14). The van der Waals surface area contributed by atoms with Gasteiger partial charge in [0.15, 0.2) is 11.6 Å². The van der Waals surface area contributed by atoms with E-state index in [9.17, 15) is 0 Å². The normalized spacial score (nSPS) is 18.0. The fourth-order valence-electron chi connectivity index (χ4n) is 1.94. The van der Waals surface area contributed by atoms with E-state index in [-0.39, 0.29) is 0 Å². The van der Waals surface area contributed by atoms with Crippen molar-refractivity contribution in [1.29, 1.82) is 0 Å². The molecule has 2 rings (SSSR count). The molecule has 0 aliphatic heterocycles. The van der Waals surface area contributed by atoms with E-state index in [4.69, 9.17) is 4.74 Å². The maximum atomic E-state index is 5.25. The van der Waals surface area contributed by atoms with Gasteiger partial charge in [0.05, 0.1) is 7.11 Å². The zero-order valence-corrected chi connectivity index (χ0v) is 9.36. The van der Waals surface area contributed by atoms with E-state index in [1.165, 1.54) is 19.3 Å². The van der Waals surface area contributed by atoms with Crippen molar-refractivity contribution in [3.8, 4) is 5.75 Å². The second kappa shape index (κ2) is 4.51. The van der Waals surface area contributed by atoms with Crippen molar-refractivity contribution < 1.29 is 4.74 Å². The lowest BCUT2D eigenvalue weighted by Crippen LogP contribution is -2.31. The SMILES string of the molecule is COc1cccnc1NC(C)C1CCC1. The summed E-state index contributed by atoms with van der Waals surface area (Å²) in [6, 6.07) is 4.31. The average molecular weight is 206 g/mol. The maximum Gasteiger partial charge on any atom is 0.168 e. The molecule has 15 heavy (non-hydrogen) atoms. The van der Waals surface area contributed by atoms with Gasteiger partial charge in [-0.05, 0) is 37.8 Å². The van der Waals surface area contributed by atoms with Crippen LogP contribution in [0.4, 0.5) is 5.82 Å². The topological polar surface area (TPSA) is 34.1 Å². The summed E-state index contributed by atoms with van der Waals surface area (Å²) in [5.41, 5.74) is 0. The third-order valence-corrected chi connectivity index (χ3v) is 3.21. The second-order valence-corrected chi connectivity index (χ2v) is 4.18. The summed E-state index contributed by atoms with van der Waals surface area (Å²) in [7, 11) is 1.68. The van der Waals surface area contributed by atoms with Gasteiger partial charge in [0.1, 0.15) is 0 Å². The highest BCUT2D eigenvalue weighted by molar-refractivity contribution is 5.50. The van der Waals surface area contributed by atoms with Crippen LogP contribution in [-0.4, -0.2) is 18.1 Å². The molecule has 3 heteroatoms. The molecule has 1 aromatic heterocycles. The summed E-state index contributed by atoms with van der Waals surface area (Å²) < 4.78 is 5.25. The van der Waals surface area contributed by atoms with Crippen LogP contribution in [0.1, 0.15) is 26.2 Å². The quantitative estimate of drug-likeness (QED) is 0.822. The summed E-state index contributed by atoms with van der Waals surface area (Å²) in [6.07, 6.45) is 5.83. The molecule has 0 amide bonds. The molecule has 3 nitrogen and oxygen atoms in total. The Kier molecular flexibility index (Phi) is 3.09. The first-order chi connectivity index (χ1) is 7.31. The largest absolute Gasteiger partial charge is 0.493 e. The van der Waals surface area contributed by atoms with Gasteiger partial charge in [-0.15, -0.1) is 0 Å². The maximum absolute atomic E-state index is 5.25. The molecule has 0 spiro atoms. The fourth-order valence-corrected chi connectivity index (χ4v) is 1.94. The molecule has 1 saturated carbocycles. The van der Waals surface area contributed by atoms with Crippen LogP contribution in [-0.2, 0) is 0 Å². The molecule has 1 aliphatic rings. The third-order valence-electron chi connectivity index (χ3n) is 3.21. The zero-order chi connectivity index (χ0) is 10.7. The highest BCUT2D eigenvalue weighted by Crippen LogP contribution is 2.32. The van der Waals surface area contributed by atoms with Gasteiger partial charge in [0.25, 0.3) is 0 Å². The van der Waals surface area contributed by atoms with Gasteiger partial charge in [-0.2, -0.15) is 0 Å². The highest BCUT2D eigenvalue weighted by Gasteiger charge is 2.24. The van der Waals surface area contributed by atoms with Crippen LogP contribution >= 0.6 is 0 Å². The summed E-state index contributed by atoms with van der Waals surface area (Å²) in [5.74, 6) is 2.49. The molecule has 1 unspecified atom stereocenters. The summed E-state index contributed by atoms with van der Waals surface area (Å²) in [4.78, 5) is 4.29. The number of aromatic nitrogens is 1. The minimum atomic E-state index is 0.488. The molecular formula is C12H18N2O. The number of rotatable bonds is 4. The van der Waals surface area contributed by atoms with Crippen molar-refractivity contribution in [2.45, 2.75) is 32.2 Å². The van der Waals surface area contributed by atoms with E-state index in [1.807, 2.05) is 12.1 Å². The number of pyridine rings is 1. The van der Waals surface area contributed by atoms with Crippen LogP contribution in [0.5, 0.6) is 5.75 Å². The van der Waals surface area contributed by atoms with E-state index >= 15 is 0 Å². The van der Waals surface area contributed by atoms with Crippen molar-refractivity contribution >= 4 is 5.82 Å². The average Bonchev–Trinajstić information content (AvgIpc) is 2.15. The van der Waals surface area contributed by atoms with Crippen LogP contribution in [0.15, 0.2) is 18.3 Å². The molecule has 1 atom stereocenters. The molecule has 0 radical (unpaired) electrons. The van der Waals surface area contributed by atoms with Gasteiger partial charge < -0.3 is 10.1 Å². The first-order valence-electron chi connectivity index (χ1n) is 5.57. The van der Waals surface area contributed by atoms with Gasteiger partial charge in [-0.25, -0.2) is 4.98 Å². The van der Waals surface area contributed by atoms with E-state index in [2.05, 4.69) is 17.2 Å². The number of nitrogens with one attached hydrogen (secondary N) is 1. The van der Waals surface area contributed by atoms with Gasteiger partial charge in [0.2, 0.25) is 0 Å². The Morgan fingerprint density at radius 3 is 2.93 bits per heavy atom. The molecule has 1 aliphatic carbocycles. The fraction of sp³-hybridized carbons (Fsp3) is 0.583. The van der Waals surface area contributed by atoms with Crippen LogP contribution in [0.3, 0.4) is 0 Å². The van der Waals surface area contributed by atoms with E-state index in [1.54, 1.807) is 13.3 Å². The Morgan fingerprint density at radius 1 is 1.53 bits per heavy atom. The van der Waals surface area contributed by atoms with Crippen LogP contribution in [0.2, 0.25) is 0 Å². The molecule has 1 heterocycles. The summed E-state index contributed by atoms with van der Waals surface area (Å²) in [5, 5.41) is 3.43. The Bertz CT molecular complexity index is 323. The molecule has 0 aromatic carbocycles.